The summed E-state index contributed by atoms with van der Waals surface area (Å²) in [6.07, 6.45) is 1.09. The van der Waals surface area contributed by atoms with Crippen LogP contribution in [0.5, 0.6) is 0 Å². The molecule has 1 unspecified atom stereocenters. The molecule has 0 bridgehead atoms. The van der Waals surface area contributed by atoms with Crippen LogP contribution < -0.4 is 10.2 Å². The average Bonchev–Trinajstić information content (AvgIpc) is 2.45. The highest BCUT2D eigenvalue weighted by molar-refractivity contribution is 5.41. The number of morpholine rings is 1. The Hall–Kier alpha value is -1.13. The smallest absolute Gasteiger partial charge is 0.129 e. The van der Waals surface area contributed by atoms with Crippen molar-refractivity contribution >= 4 is 5.82 Å². The predicted molar refractivity (Wildman–Crippen MR) is 78.5 cm³/mol. The molecule has 1 aliphatic rings. The van der Waals surface area contributed by atoms with Gasteiger partial charge < -0.3 is 15.0 Å². The van der Waals surface area contributed by atoms with Gasteiger partial charge in [-0.25, -0.2) is 4.98 Å². The fourth-order valence-corrected chi connectivity index (χ4v) is 2.33. The SMILES string of the molecule is CCC1COCCN1c1cccc(CNC(C)C)n1. The minimum absolute atomic E-state index is 0.453. The summed E-state index contributed by atoms with van der Waals surface area (Å²) in [5, 5.41) is 3.41. The highest BCUT2D eigenvalue weighted by Gasteiger charge is 2.22. The minimum atomic E-state index is 0.453. The van der Waals surface area contributed by atoms with Crippen molar-refractivity contribution in [3.8, 4) is 0 Å². The summed E-state index contributed by atoms with van der Waals surface area (Å²) in [5.41, 5.74) is 1.10. The van der Waals surface area contributed by atoms with E-state index in [1.807, 2.05) is 0 Å². The molecule has 4 nitrogen and oxygen atoms in total. The average molecular weight is 263 g/mol. The Morgan fingerprint density at radius 1 is 1.47 bits per heavy atom. The van der Waals surface area contributed by atoms with Crippen molar-refractivity contribution in [2.24, 2.45) is 0 Å². The maximum Gasteiger partial charge on any atom is 0.129 e. The zero-order valence-corrected chi connectivity index (χ0v) is 12.2. The summed E-state index contributed by atoms with van der Waals surface area (Å²) in [4.78, 5) is 7.15. The molecule has 1 saturated heterocycles. The number of nitrogens with one attached hydrogen (secondary N) is 1. The van der Waals surface area contributed by atoms with Gasteiger partial charge in [-0.1, -0.05) is 26.8 Å². The minimum Gasteiger partial charge on any atom is -0.377 e. The first-order valence-electron chi connectivity index (χ1n) is 7.24. The van der Waals surface area contributed by atoms with Crippen LogP contribution in [-0.2, 0) is 11.3 Å². The van der Waals surface area contributed by atoms with Gasteiger partial charge >= 0.3 is 0 Å². The zero-order chi connectivity index (χ0) is 13.7. The number of hydrogen-bond acceptors (Lipinski definition) is 4. The van der Waals surface area contributed by atoms with Crippen LogP contribution in [0.4, 0.5) is 5.82 Å². The Morgan fingerprint density at radius 3 is 3.05 bits per heavy atom. The van der Waals surface area contributed by atoms with Gasteiger partial charge in [0.15, 0.2) is 0 Å². The van der Waals surface area contributed by atoms with Gasteiger partial charge in [-0.2, -0.15) is 0 Å². The lowest BCUT2D eigenvalue weighted by atomic mass is 10.1. The molecule has 2 rings (SSSR count). The van der Waals surface area contributed by atoms with E-state index in [1.54, 1.807) is 0 Å². The predicted octanol–water partition coefficient (Wildman–Crippen LogP) is 2.19. The number of rotatable bonds is 5. The summed E-state index contributed by atoms with van der Waals surface area (Å²) >= 11 is 0. The van der Waals surface area contributed by atoms with Crippen molar-refractivity contribution in [1.29, 1.82) is 0 Å². The van der Waals surface area contributed by atoms with Crippen molar-refractivity contribution in [2.45, 2.75) is 45.8 Å². The highest BCUT2D eigenvalue weighted by atomic mass is 16.5. The van der Waals surface area contributed by atoms with Crippen LogP contribution in [0, 0.1) is 0 Å². The van der Waals surface area contributed by atoms with Crippen molar-refractivity contribution in [1.82, 2.24) is 10.3 Å². The Labute approximate surface area is 116 Å². The van der Waals surface area contributed by atoms with E-state index < -0.39 is 0 Å². The van der Waals surface area contributed by atoms with Crippen LogP contribution in [0.2, 0.25) is 0 Å². The van der Waals surface area contributed by atoms with Crippen molar-refractivity contribution < 1.29 is 4.74 Å². The van der Waals surface area contributed by atoms with Crippen LogP contribution in [-0.4, -0.2) is 36.8 Å². The van der Waals surface area contributed by atoms with E-state index in [1.165, 1.54) is 0 Å². The Balaban J connectivity index is 2.08. The first kappa shape index (κ1) is 14.3. The summed E-state index contributed by atoms with van der Waals surface area (Å²) in [6, 6.07) is 7.22. The molecule has 2 heterocycles. The zero-order valence-electron chi connectivity index (χ0n) is 12.2. The second-order valence-electron chi connectivity index (χ2n) is 5.35. The van der Waals surface area contributed by atoms with E-state index in [0.29, 0.717) is 12.1 Å². The number of ether oxygens (including phenoxy) is 1. The molecule has 0 spiro atoms. The van der Waals surface area contributed by atoms with E-state index in [-0.39, 0.29) is 0 Å². The highest BCUT2D eigenvalue weighted by Crippen LogP contribution is 2.19. The normalized spacial score (nSPS) is 20.0. The van der Waals surface area contributed by atoms with E-state index in [4.69, 9.17) is 9.72 Å². The molecule has 1 aromatic heterocycles. The maximum absolute atomic E-state index is 5.55. The number of anilines is 1. The van der Waals surface area contributed by atoms with Gasteiger partial charge in [0, 0.05) is 19.1 Å². The van der Waals surface area contributed by atoms with Gasteiger partial charge in [0.05, 0.1) is 24.9 Å². The third-order valence-corrected chi connectivity index (χ3v) is 3.48. The number of aromatic nitrogens is 1. The molecule has 0 amide bonds. The van der Waals surface area contributed by atoms with Crippen LogP contribution in [0.1, 0.15) is 32.9 Å². The fourth-order valence-electron chi connectivity index (χ4n) is 2.33. The lowest BCUT2D eigenvalue weighted by Gasteiger charge is -2.36. The Kier molecular flexibility index (Phi) is 5.16. The molecule has 106 valence electrons. The van der Waals surface area contributed by atoms with Gasteiger partial charge in [0.1, 0.15) is 5.82 Å². The Bertz CT molecular complexity index is 395. The number of pyridine rings is 1. The molecule has 0 radical (unpaired) electrons. The summed E-state index contributed by atoms with van der Waals surface area (Å²) < 4.78 is 5.55. The number of nitrogens with zero attached hydrogens (tertiary/aromatic N) is 2. The molecule has 1 aromatic rings. The van der Waals surface area contributed by atoms with Crippen LogP contribution in [0.3, 0.4) is 0 Å². The van der Waals surface area contributed by atoms with E-state index in [2.05, 4.69) is 49.2 Å². The molecule has 0 saturated carbocycles. The lowest BCUT2D eigenvalue weighted by Crippen LogP contribution is -2.45. The summed E-state index contributed by atoms with van der Waals surface area (Å²) in [5.74, 6) is 1.08. The molecular formula is C15H25N3O. The van der Waals surface area contributed by atoms with Gasteiger partial charge in [0.25, 0.3) is 0 Å². The van der Waals surface area contributed by atoms with Gasteiger partial charge in [-0.15, -0.1) is 0 Å². The monoisotopic (exact) mass is 263 g/mol. The molecule has 1 N–H and O–H groups in total. The first-order chi connectivity index (χ1) is 9.20. The molecule has 1 atom stereocenters. The first-order valence-corrected chi connectivity index (χ1v) is 7.24. The maximum atomic E-state index is 5.55. The summed E-state index contributed by atoms with van der Waals surface area (Å²) in [7, 11) is 0. The lowest BCUT2D eigenvalue weighted by molar-refractivity contribution is 0.0925. The quantitative estimate of drug-likeness (QED) is 0.883. The standard InChI is InChI=1S/C15H25N3O/c1-4-14-11-19-9-8-18(14)15-7-5-6-13(17-15)10-16-12(2)3/h5-7,12,14,16H,4,8-11H2,1-3H3. The fraction of sp³-hybridized carbons (Fsp3) is 0.667. The second kappa shape index (κ2) is 6.87. The van der Waals surface area contributed by atoms with Gasteiger partial charge in [-0.3, -0.25) is 0 Å². The van der Waals surface area contributed by atoms with E-state index >= 15 is 0 Å². The Morgan fingerprint density at radius 2 is 2.32 bits per heavy atom. The van der Waals surface area contributed by atoms with Crippen molar-refractivity contribution in [2.75, 3.05) is 24.7 Å². The largest absolute Gasteiger partial charge is 0.377 e. The molecule has 19 heavy (non-hydrogen) atoms. The second-order valence-corrected chi connectivity index (χ2v) is 5.35. The van der Waals surface area contributed by atoms with Crippen LogP contribution in [0.15, 0.2) is 18.2 Å². The molecule has 1 fully saturated rings. The molecule has 4 heteroatoms. The van der Waals surface area contributed by atoms with Crippen molar-refractivity contribution in [3.63, 3.8) is 0 Å². The van der Waals surface area contributed by atoms with Crippen molar-refractivity contribution in [3.05, 3.63) is 23.9 Å². The van der Waals surface area contributed by atoms with Gasteiger partial charge in [-0.05, 0) is 18.6 Å². The third kappa shape index (κ3) is 3.91. The van der Waals surface area contributed by atoms with E-state index in [0.717, 1.165) is 44.2 Å². The summed E-state index contributed by atoms with van der Waals surface area (Å²) in [6.45, 7) is 9.88. The van der Waals surface area contributed by atoms with E-state index in [9.17, 15) is 0 Å². The molecule has 0 aliphatic carbocycles. The number of hydrogen-bond donors (Lipinski definition) is 1. The molecule has 1 aliphatic heterocycles. The molecular weight excluding hydrogens is 238 g/mol. The van der Waals surface area contributed by atoms with Crippen LogP contribution >= 0.6 is 0 Å². The molecule has 0 aromatic carbocycles. The van der Waals surface area contributed by atoms with Crippen LogP contribution in [0.25, 0.3) is 0 Å². The third-order valence-electron chi connectivity index (χ3n) is 3.48. The topological polar surface area (TPSA) is 37.4 Å². The van der Waals surface area contributed by atoms with Gasteiger partial charge in [0.2, 0.25) is 0 Å².